The fourth-order valence-corrected chi connectivity index (χ4v) is 3.55. The molecule has 0 aromatic heterocycles. The van der Waals surface area contributed by atoms with E-state index >= 15 is 0 Å². The van der Waals surface area contributed by atoms with E-state index in [1.807, 2.05) is 0 Å². The van der Waals surface area contributed by atoms with Crippen molar-refractivity contribution in [3.8, 4) is 0 Å². The summed E-state index contributed by atoms with van der Waals surface area (Å²) >= 11 is 5.98. The molecule has 1 fully saturated rings. The molecule has 1 saturated heterocycles. The van der Waals surface area contributed by atoms with Gasteiger partial charge in [0.1, 0.15) is 0 Å². The van der Waals surface area contributed by atoms with Crippen LogP contribution in [0.15, 0.2) is 23.1 Å². The molecular formula is C13H19ClN2O3S. The summed E-state index contributed by atoms with van der Waals surface area (Å²) in [4.78, 5) is 0.169. The van der Waals surface area contributed by atoms with Crippen LogP contribution >= 0.6 is 11.6 Å². The van der Waals surface area contributed by atoms with Gasteiger partial charge in [-0.2, -0.15) is 0 Å². The SMILES string of the molecule is NCc1ccc(S(=O)(=O)NCCC2CCOC2)cc1Cl. The lowest BCUT2D eigenvalue weighted by molar-refractivity contribution is 0.184. The molecule has 1 aliphatic heterocycles. The minimum absolute atomic E-state index is 0.169. The molecule has 1 unspecified atom stereocenters. The fourth-order valence-electron chi connectivity index (χ4n) is 2.15. The van der Waals surface area contributed by atoms with Crippen LogP contribution in [-0.4, -0.2) is 28.2 Å². The number of benzene rings is 1. The molecule has 20 heavy (non-hydrogen) atoms. The van der Waals surface area contributed by atoms with Gasteiger partial charge in [0.2, 0.25) is 10.0 Å². The first kappa shape index (κ1) is 15.7. The van der Waals surface area contributed by atoms with E-state index in [-0.39, 0.29) is 11.4 Å². The monoisotopic (exact) mass is 318 g/mol. The van der Waals surface area contributed by atoms with E-state index in [4.69, 9.17) is 22.1 Å². The van der Waals surface area contributed by atoms with E-state index in [9.17, 15) is 8.42 Å². The predicted molar refractivity (Wildman–Crippen MR) is 78.1 cm³/mol. The first-order valence-electron chi connectivity index (χ1n) is 6.59. The van der Waals surface area contributed by atoms with Crippen LogP contribution < -0.4 is 10.5 Å². The molecular weight excluding hydrogens is 300 g/mol. The molecule has 0 spiro atoms. The minimum atomic E-state index is -3.52. The van der Waals surface area contributed by atoms with Gasteiger partial charge in [-0.25, -0.2) is 13.1 Å². The third-order valence-electron chi connectivity index (χ3n) is 3.42. The largest absolute Gasteiger partial charge is 0.381 e. The zero-order chi connectivity index (χ0) is 14.6. The second kappa shape index (κ2) is 6.87. The van der Waals surface area contributed by atoms with Gasteiger partial charge in [-0.15, -0.1) is 0 Å². The van der Waals surface area contributed by atoms with Crippen molar-refractivity contribution in [3.05, 3.63) is 28.8 Å². The molecule has 0 amide bonds. The number of sulfonamides is 1. The van der Waals surface area contributed by atoms with Crippen LogP contribution in [-0.2, 0) is 21.3 Å². The molecule has 0 aliphatic carbocycles. The highest BCUT2D eigenvalue weighted by Gasteiger charge is 2.18. The van der Waals surface area contributed by atoms with E-state index < -0.39 is 10.0 Å². The highest BCUT2D eigenvalue weighted by atomic mass is 35.5. The fraction of sp³-hybridized carbons (Fsp3) is 0.538. The molecule has 1 heterocycles. The predicted octanol–water partition coefficient (Wildman–Crippen LogP) is 1.50. The average Bonchev–Trinajstić information content (AvgIpc) is 2.91. The van der Waals surface area contributed by atoms with Gasteiger partial charge in [-0.05, 0) is 36.5 Å². The van der Waals surface area contributed by atoms with E-state index in [0.717, 1.165) is 31.6 Å². The summed E-state index contributed by atoms with van der Waals surface area (Å²) in [6.07, 6.45) is 1.78. The van der Waals surface area contributed by atoms with Gasteiger partial charge < -0.3 is 10.5 Å². The number of ether oxygens (including phenoxy) is 1. The number of hydrogen-bond acceptors (Lipinski definition) is 4. The zero-order valence-electron chi connectivity index (χ0n) is 11.1. The Morgan fingerprint density at radius 3 is 2.85 bits per heavy atom. The molecule has 112 valence electrons. The lowest BCUT2D eigenvalue weighted by Crippen LogP contribution is -2.26. The van der Waals surface area contributed by atoms with Crippen molar-refractivity contribution in [2.24, 2.45) is 11.7 Å². The molecule has 0 saturated carbocycles. The molecule has 0 radical (unpaired) electrons. The highest BCUT2D eigenvalue weighted by molar-refractivity contribution is 7.89. The Bertz CT molecular complexity index is 557. The molecule has 1 aromatic carbocycles. The summed E-state index contributed by atoms with van der Waals surface area (Å²) in [5.41, 5.74) is 6.23. The summed E-state index contributed by atoms with van der Waals surface area (Å²) < 4.78 is 32.1. The van der Waals surface area contributed by atoms with Crippen LogP contribution in [0.3, 0.4) is 0 Å². The maximum atomic E-state index is 12.1. The average molecular weight is 319 g/mol. The van der Waals surface area contributed by atoms with Crippen LogP contribution in [0, 0.1) is 5.92 Å². The van der Waals surface area contributed by atoms with E-state index in [1.54, 1.807) is 6.07 Å². The Morgan fingerprint density at radius 2 is 2.25 bits per heavy atom. The number of rotatable bonds is 6. The van der Waals surface area contributed by atoms with Crippen molar-refractivity contribution >= 4 is 21.6 Å². The second-order valence-corrected chi connectivity index (χ2v) is 7.05. The van der Waals surface area contributed by atoms with Crippen molar-refractivity contribution in [2.45, 2.75) is 24.3 Å². The standard InChI is InChI=1S/C13H19ClN2O3S/c14-13-7-12(2-1-11(13)8-15)20(17,18)16-5-3-10-4-6-19-9-10/h1-2,7,10,16H,3-6,8-9,15H2. The molecule has 0 bridgehead atoms. The Hall–Kier alpha value is -0.660. The third-order valence-corrected chi connectivity index (χ3v) is 5.23. The Morgan fingerprint density at radius 1 is 1.45 bits per heavy atom. The lowest BCUT2D eigenvalue weighted by atomic mass is 10.1. The van der Waals surface area contributed by atoms with Crippen LogP contribution in [0.1, 0.15) is 18.4 Å². The maximum Gasteiger partial charge on any atom is 0.240 e. The molecule has 1 aromatic rings. The van der Waals surface area contributed by atoms with Crippen LogP contribution in [0.4, 0.5) is 0 Å². The topological polar surface area (TPSA) is 81.4 Å². The van der Waals surface area contributed by atoms with Crippen molar-refractivity contribution in [1.29, 1.82) is 0 Å². The zero-order valence-corrected chi connectivity index (χ0v) is 12.7. The third kappa shape index (κ3) is 3.93. The van der Waals surface area contributed by atoms with Gasteiger partial charge in [0.05, 0.1) is 4.90 Å². The number of halogens is 1. The molecule has 1 atom stereocenters. The summed E-state index contributed by atoms with van der Waals surface area (Å²) in [6.45, 7) is 2.19. The van der Waals surface area contributed by atoms with Gasteiger partial charge in [-0.1, -0.05) is 17.7 Å². The van der Waals surface area contributed by atoms with Crippen molar-refractivity contribution < 1.29 is 13.2 Å². The van der Waals surface area contributed by atoms with Crippen molar-refractivity contribution in [3.63, 3.8) is 0 Å². The number of hydrogen-bond donors (Lipinski definition) is 2. The smallest absolute Gasteiger partial charge is 0.240 e. The highest BCUT2D eigenvalue weighted by Crippen LogP contribution is 2.21. The quantitative estimate of drug-likeness (QED) is 0.833. The molecule has 3 N–H and O–H groups in total. The molecule has 7 heteroatoms. The minimum Gasteiger partial charge on any atom is -0.381 e. The number of nitrogens with two attached hydrogens (primary N) is 1. The van der Waals surface area contributed by atoms with Gasteiger partial charge in [0, 0.05) is 31.3 Å². The van der Waals surface area contributed by atoms with Gasteiger partial charge in [0.15, 0.2) is 0 Å². The summed E-state index contributed by atoms with van der Waals surface area (Å²) in [5.74, 6) is 0.445. The molecule has 1 aliphatic rings. The Labute approximate surface area is 124 Å². The number of nitrogens with one attached hydrogen (secondary N) is 1. The molecule has 2 rings (SSSR count). The first-order valence-corrected chi connectivity index (χ1v) is 8.45. The second-order valence-electron chi connectivity index (χ2n) is 4.87. The summed E-state index contributed by atoms with van der Waals surface area (Å²) in [7, 11) is -3.52. The van der Waals surface area contributed by atoms with Gasteiger partial charge in [0.25, 0.3) is 0 Å². The summed E-state index contributed by atoms with van der Waals surface area (Å²) in [6, 6.07) is 4.60. The maximum absolute atomic E-state index is 12.1. The van der Waals surface area contributed by atoms with E-state index in [1.165, 1.54) is 12.1 Å². The van der Waals surface area contributed by atoms with Gasteiger partial charge in [-0.3, -0.25) is 0 Å². The van der Waals surface area contributed by atoms with Crippen molar-refractivity contribution in [1.82, 2.24) is 4.72 Å². The Balaban J connectivity index is 1.96. The van der Waals surface area contributed by atoms with Gasteiger partial charge >= 0.3 is 0 Å². The summed E-state index contributed by atoms with van der Waals surface area (Å²) in [5, 5.41) is 0.375. The normalized spacial score (nSPS) is 19.4. The first-order chi connectivity index (χ1) is 9.53. The Kier molecular flexibility index (Phi) is 5.40. The molecule has 5 nitrogen and oxygen atoms in total. The van der Waals surface area contributed by atoms with Crippen molar-refractivity contribution in [2.75, 3.05) is 19.8 Å². The lowest BCUT2D eigenvalue weighted by Gasteiger charge is -2.10. The van der Waals surface area contributed by atoms with Crippen LogP contribution in [0.2, 0.25) is 5.02 Å². The van der Waals surface area contributed by atoms with E-state index in [0.29, 0.717) is 17.5 Å². The van der Waals surface area contributed by atoms with Crippen LogP contribution in [0.25, 0.3) is 0 Å². The van der Waals surface area contributed by atoms with Crippen LogP contribution in [0.5, 0.6) is 0 Å². The van der Waals surface area contributed by atoms with E-state index in [2.05, 4.69) is 4.72 Å².